The Morgan fingerprint density at radius 3 is 2.68 bits per heavy atom. The molecule has 2 N–H and O–H groups in total. The first-order valence-electron chi connectivity index (χ1n) is 11.4. The van der Waals surface area contributed by atoms with E-state index in [1.165, 1.54) is 29.4 Å². The Morgan fingerprint density at radius 1 is 1.08 bits per heavy atom. The van der Waals surface area contributed by atoms with Crippen LogP contribution in [-0.4, -0.2) is 43.9 Å². The maximum Gasteiger partial charge on any atom is 0.287 e. The minimum Gasteiger partial charge on any atom is -0.494 e. The summed E-state index contributed by atoms with van der Waals surface area (Å²) in [5, 5.41) is 15.2. The zero-order valence-electron chi connectivity index (χ0n) is 19.7. The standard InChI is InChI=1S/C25H22N6O4S2/c1-2-34-17-11-9-16(10-12-17)31-21(14-26-23(33)19-7-5-13-35-19)29-30-25(31)36-15-22(32)28-24-27-18-6-3-4-8-20(18)37-24/h3-13H,2,14-15H2,1H3,(H,26,33)(H,27,28,32). The van der Waals surface area contributed by atoms with Crippen LogP contribution in [0.25, 0.3) is 15.9 Å². The number of nitrogens with zero attached hydrogens (tertiary/aromatic N) is 4. The van der Waals surface area contributed by atoms with Crippen LogP contribution in [0.3, 0.4) is 0 Å². The van der Waals surface area contributed by atoms with Crippen LogP contribution >= 0.6 is 23.1 Å². The summed E-state index contributed by atoms with van der Waals surface area (Å²) in [6, 6.07) is 18.4. The van der Waals surface area contributed by atoms with Crippen molar-refractivity contribution in [3.8, 4) is 11.4 Å². The van der Waals surface area contributed by atoms with Gasteiger partial charge in [-0.1, -0.05) is 35.2 Å². The molecule has 12 heteroatoms. The van der Waals surface area contributed by atoms with E-state index < -0.39 is 0 Å². The zero-order chi connectivity index (χ0) is 25.6. The predicted octanol–water partition coefficient (Wildman–Crippen LogP) is 4.53. The Hall–Kier alpha value is -4.16. The fourth-order valence-electron chi connectivity index (χ4n) is 3.49. The second-order valence-corrected chi connectivity index (χ2v) is 9.62. The minimum atomic E-state index is -0.365. The van der Waals surface area contributed by atoms with Gasteiger partial charge in [-0.25, -0.2) is 4.98 Å². The molecule has 0 fully saturated rings. The molecule has 0 atom stereocenters. The highest BCUT2D eigenvalue weighted by Gasteiger charge is 2.18. The molecule has 0 aliphatic heterocycles. The summed E-state index contributed by atoms with van der Waals surface area (Å²) in [5.74, 6) is 0.959. The molecule has 5 aromatic rings. The number of hydrogen-bond donors (Lipinski definition) is 2. The number of thioether (sulfide) groups is 1. The number of nitrogens with one attached hydrogen (secondary N) is 2. The molecule has 2 aromatic carbocycles. The van der Waals surface area contributed by atoms with Crippen LogP contribution < -0.4 is 15.4 Å². The fraction of sp³-hybridized carbons (Fsp3) is 0.160. The van der Waals surface area contributed by atoms with Crippen molar-refractivity contribution >= 4 is 50.3 Å². The van der Waals surface area contributed by atoms with Crippen LogP contribution in [0.15, 0.2) is 76.5 Å². The molecule has 3 aromatic heterocycles. The zero-order valence-corrected chi connectivity index (χ0v) is 21.3. The van der Waals surface area contributed by atoms with E-state index in [4.69, 9.17) is 9.15 Å². The molecular weight excluding hydrogens is 512 g/mol. The van der Waals surface area contributed by atoms with Crippen molar-refractivity contribution in [2.24, 2.45) is 0 Å². The highest BCUT2D eigenvalue weighted by molar-refractivity contribution is 7.99. The molecule has 10 nitrogen and oxygen atoms in total. The number of ether oxygens (including phenoxy) is 1. The van der Waals surface area contributed by atoms with Gasteiger partial charge in [0.1, 0.15) is 5.75 Å². The summed E-state index contributed by atoms with van der Waals surface area (Å²) in [4.78, 5) is 29.5. The number of thiazole rings is 1. The Labute approximate surface area is 220 Å². The third-order valence-electron chi connectivity index (χ3n) is 5.13. The molecule has 0 aliphatic carbocycles. The normalized spacial score (nSPS) is 10.9. The predicted molar refractivity (Wildman–Crippen MR) is 141 cm³/mol. The van der Waals surface area contributed by atoms with Gasteiger partial charge in [-0.15, -0.1) is 10.2 Å². The van der Waals surface area contributed by atoms with E-state index in [2.05, 4.69) is 25.8 Å². The molecule has 0 radical (unpaired) electrons. The van der Waals surface area contributed by atoms with E-state index in [0.717, 1.165) is 21.7 Å². The van der Waals surface area contributed by atoms with Gasteiger partial charge in [0.2, 0.25) is 5.91 Å². The van der Waals surface area contributed by atoms with E-state index in [9.17, 15) is 9.59 Å². The fourth-order valence-corrected chi connectivity index (χ4v) is 5.14. The van der Waals surface area contributed by atoms with Crippen molar-refractivity contribution in [2.45, 2.75) is 18.6 Å². The van der Waals surface area contributed by atoms with E-state index in [-0.39, 0.29) is 29.9 Å². The molecule has 5 rings (SSSR count). The number of aromatic nitrogens is 4. The average Bonchev–Trinajstić information content (AvgIpc) is 3.66. The first-order chi connectivity index (χ1) is 18.1. The average molecular weight is 535 g/mol. The number of amides is 2. The molecular formula is C25H22N6O4S2. The second-order valence-electron chi connectivity index (χ2n) is 7.64. The van der Waals surface area contributed by atoms with Gasteiger partial charge < -0.3 is 19.8 Å². The molecule has 188 valence electrons. The number of hydrogen-bond acceptors (Lipinski definition) is 9. The van der Waals surface area contributed by atoms with Crippen molar-refractivity contribution in [2.75, 3.05) is 17.7 Å². The van der Waals surface area contributed by atoms with Crippen molar-refractivity contribution < 1.29 is 18.7 Å². The Bertz CT molecular complexity index is 1480. The van der Waals surface area contributed by atoms with Crippen LogP contribution in [0.5, 0.6) is 5.75 Å². The quantitative estimate of drug-likeness (QED) is 0.251. The third-order valence-corrected chi connectivity index (χ3v) is 7.01. The number of benzene rings is 2. The van der Waals surface area contributed by atoms with Gasteiger partial charge in [-0.05, 0) is 55.5 Å². The molecule has 0 bridgehead atoms. The maximum atomic E-state index is 12.7. The molecule has 0 saturated heterocycles. The highest BCUT2D eigenvalue weighted by atomic mass is 32.2. The first kappa shape index (κ1) is 24.5. The van der Waals surface area contributed by atoms with Crippen molar-refractivity contribution in [3.05, 3.63) is 78.5 Å². The first-order valence-corrected chi connectivity index (χ1v) is 13.2. The van der Waals surface area contributed by atoms with Gasteiger partial charge in [-0.3, -0.25) is 14.2 Å². The van der Waals surface area contributed by atoms with Crippen molar-refractivity contribution in [3.63, 3.8) is 0 Å². The van der Waals surface area contributed by atoms with Gasteiger partial charge in [-0.2, -0.15) is 0 Å². The highest BCUT2D eigenvalue weighted by Crippen LogP contribution is 2.27. The van der Waals surface area contributed by atoms with E-state index in [0.29, 0.717) is 22.7 Å². The van der Waals surface area contributed by atoms with E-state index in [1.807, 2.05) is 55.5 Å². The largest absolute Gasteiger partial charge is 0.494 e. The monoisotopic (exact) mass is 534 g/mol. The number of furan rings is 1. The summed E-state index contributed by atoms with van der Waals surface area (Å²) >= 11 is 2.65. The lowest BCUT2D eigenvalue weighted by atomic mass is 10.3. The van der Waals surface area contributed by atoms with Crippen LogP contribution in [-0.2, 0) is 11.3 Å². The number of rotatable bonds is 10. The Balaban J connectivity index is 1.32. The summed E-state index contributed by atoms with van der Waals surface area (Å²) in [7, 11) is 0. The van der Waals surface area contributed by atoms with Gasteiger partial charge in [0, 0.05) is 5.69 Å². The lowest BCUT2D eigenvalue weighted by Crippen LogP contribution is -2.24. The van der Waals surface area contributed by atoms with E-state index >= 15 is 0 Å². The Kier molecular flexibility index (Phi) is 7.47. The van der Waals surface area contributed by atoms with Crippen LogP contribution in [0.2, 0.25) is 0 Å². The molecule has 3 heterocycles. The van der Waals surface area contributed by atoms with Crippen LogP contribution in [0.1, 0.15) is 23.3 Å². The maximum absolute atomic E-state index is 12.7. The van der Waals surface area contributed by atoms with Crippen LogP contribution in [0.4, 0.5) is 5.13 Å². The smallest absolute Gasteiger partial charge is 0.287 e. The second kappa shape index (κ2) is 11.3. The van der Waals surface area contributed by atoms with Crippen LogP contribution in [0, 0.1) is 0 Å². The summed E-state index contributed by atoms with van der Waals surface area (Å²) in [5.41, 5.74) is 1.61. The molecule has 0 aliphatic rings. The number of carbonyl (C=O) groups is 2. The molecule has 0 unspecified atom stereocenters. The molecule has 0 saturated carbocycles. The van der Waals surface area contributed by atoms with Crippen molar-refractivity contribution in [1.82, 2.24) is 25.1 Å². The third kappa shape index (κ3) is 5.81. The minimum absolute atomic E-state index is 0.101. The van der Waals surface area contributed by atoms with Gasteiger partial charge in [0.15, 0.2) is 21.9 Å². The number of para-hydroxylation sites is 1. The number of carbonyl (C=O) groups excluding carboxylic acids is 2. The molecule has 2 amide bonds. The van der Waals surface area contributed by atoms with Gasteiger partial charge in [0.25, 0.3) is 5.91 Å². The number of fused-ring (bicyclic) bond motifs is 1. The number of anilines is 1. The molecule has 0 spiro atoms. The topological polar surface area (TPSA) is 124 Å². The lowest BCUT2D eigenvalue weighted by Gasteiger charge is -2.11. The van der Waals surface area contributed by atoms with Gasteiger partial charge in [0.05, 0.1) is 35.4 Å². The van der Waals surface area contributed by atoms with E-state index in [1.54, 1.807) is 16.7 Å². The summed E-state index contributed by atoms with van der Waals surface area (Å²) in [6.07, 6.45) is 1.44. The summed E-state index contributed by atoms with van der Waals surface area (Å²) in [6.45, 7) is 2.58. The van der Waals surface area contributed by atoms with Gasteiger partial charge >= 0.3 is 0 Å². The summed E-state index contributed by atoms with van der Waals surface area (Å²) < 4.78 is 13.5. The van der Waals surface area contributed by atoms with Crippen molar-refractivity contribution in [1.29, 1.82) is 0 Å². The SMILES string of the molecule is CCOc1ccc(-n2c(CNC(=O)c3ccco3)nnc2SCC(=O)Nc2nc3ccccc3s2)cc1. The Morgan fingerprint density at radius 2 is 1.92 bits per heavy atom. The molecule has 37 heavy (non-hydrogen) atoms. The lowest BCUT2D eigenvalue weighted by molar-refractivity contribution is -0.113.